The van der Waals surface area contributed by atoms with Gasteiger partial charge < -0.3 is 9.94 Å². The first-order valence-electron chi connectivity index (χ1n) is 5.12. The highest BCUT2D eigenvalue weighted by atomic mass is 32.2. The molecule has 0 saturated carbocycles. The molecule has 0 aliphatic carbocycles. The molecule has 0 aromatic heterocycles. The van der Waals surface area contributed by atoms with Gasteiger partial charge in [-0.2, -0.15) is 0 Å². The average molecular weight is 245 g/mol. The van der Waals surface area contributed by atoms with Crippen molar-refractivity contribution in [3.8, 4) is 0 Å². The first-order valence-corrected chi connectivity index (χ1v) is 6.17. The number of allylic oxidation sites excluding steroid dienone is 1. The van der Waals surface area contributed by atoms with Gasteiger partial charge >= 0.3 is 5.97 Å². The van der Waals surface area contributed by atoms with E-state index in [-0.39, 0.29) is 11.0 Å². The summed E-state index contributed by atoms with van der Waals surface area (Å²) in [6.45, 7) is 5.97. The average Bonchev–Trinajstić information content (AvgIpc) is 2.21. The van der Waals surface area contributed by atoms with Crippen LogP contribution >= 0.6 is 11.8 Å². The number of carboxylic acids is 1. The van der Waals surface area contributed by atoms with Gasteiger partial charge in [-0.3, -0.25) is 0 Å². The van der Waals surface area contributed by atoms with E-state index in [2.05, 4.69) is 16.1 Å². The Balaban J connectivity index is 4.51. The molecule has 0 amide bonds. The van der Waals surface area contributed by atoms with Gasteiger partial charge in [-0.1, -0.05) is 23.7 Å². The van der Waals surface area contributed by atoms with E-state index in [1.807, 2.05) is 20.8 Å². The molecule has 4 nitrogen and oxygen atoms in total. The number of oxime groups is 1. The maximum atomic E-state index is 10.9. The molecule has 0 aliphatic heterocycles. The van der Waals surface area contributed by atoms with Crippen LogP contribution in [0.15, 0.2) is 16.8 Å². The maximum absolute atomic E-state index is 10.9. The van der Waals surface area contributed by atoms with Crippen LogP contribution in [0, 0.1) is 0 Å². The lowest BCUT2D eigenvalue weighted by Gasteiger charge is -2.12. The van der Waals surface area contributed by atoms with Crippen LogP contribution in [0.4, 0.5) is 0 Å². The number of carboxylic acid groups (broad SMARTS) is 1. The molecule has 0 aliphatic rings. The Morgan fingerprint density at radius 2 is 2.19 bits per heavy atom. The molecule has 16 heavy (non-hydrogen) atoms. The summed E-state index contributed by atoms with van der Waals surface area (Å²) in [6, 6.07) is 0. The van der Waals surface area contributed by atoms with Gasteiger partial charge in [0, 0.05) is 5.75 Å². The number of nitrogens with zero attached hydrogens (tertiary/aromatic N) is 1. The number of carbonyl (C=O) groups is 1. The molecule has 0 radical (unpaired) electrons. The Hall–Kier alpha value is -0.970. The van der Waals surface area contributed by atoms with Gasteiger partial charge in [0.1, 0.15) is 7.11 Å². The summed E-state index contributed by atoms with van der Waals surface area (Å²) < 4.78 is 0. The molecule has 0 spiro atoms. The maximum Gasteiger partial charge on any atom is 0.354 e. The van der Waals surface area contributed by atoms with Crippen molar-refractivity contribution in [3.05, 3.63) is 11.6 Å². The fourth-order valence-electron chi connectivity index (χ4n) is 1.05. The Morgan fingerprint density at radius 3 is 2.56 bits per heavy atom. The lowest BCUT2D eigenvalue weighted by atomic mass is 10.2. The summed E-state index contributed by atoms with van der Waals surface area (Å²) in [5, 5.41) is 12.4. The molecule has 5 heteroatoms. The zero-order chi connectivity index (χ0) is 12.6. The largest absolute Gasteiger partial charge is 0.477 e. The molecule has 0 aromatic carbocycles. The van der Waals surface area contributed by atoms with Crippen LogP contribution in [0.3, 0.4) is 0 Å². The van der Waals surface area contributed by atoms with Crippen LogP contribution in [0.1, 0.15) is 27.2 Å². The van der Waals surface area contributed by atoms with E-state index in [1.54, 1.807) is 11.8 Å². The van der Waals surface area contributed by atoms with Crippen LogP contribution in [0.25, 0.3) is 0 Å². The second-order valence-electron chi connectivity index (χ2n) is 3.48. The van der Waals surface area contributed by atoms with Crippen molar-refractivity contribution < 1.29 is 14.7 Å². The van der Waals surface area contributed by atoms with Crippen LogP contribution in [0.5, 0.6) is 0 Å². The zero-order valence-electron chi connectivity index (χ0n) is 10.2. The highest BCUT2D eigenvalue weighted by Crippen LogP contribution is 2.17. The van der Waals surface area contributed by atoms with Crippen molar-refractivity contribution in [2.45, 2.75) is 32.4 Å². The van der Waals surface area contributed by atoms with Crippen LogP contribution < -0.4 is 0 Å². The van der Waals surface area contributed by atoms with Gasteiger partial charge in [-0.25, -0.2) is 4.79 Å². The molecule has 92 valence electrons. The van der Waals surface area contributed by atoms with Crippen molar-refractivity contribution in [2.75, 3.05) is 12.9 Å². The Labute approximate surface area is 101 Å². The SMILES string of the molecule is CCC(SCC=C(C)C)C(=NOC)C(=O)O. The van der Waals surface area contributed by atoms with E-state index in [0.717, 1.165) is 12.2 Å². The number of rotatable bonds is 7. The van der Waals surface area contributed by atoms with E-state index >= 15 is 0 Å². The van der Waals surface area contributed by atoms with Crippen LogP contribution in [0.2, 0.25) is 0 Å². The van der Waals surface area contributed by atoms with Gasteiger partial charge in [0.05, 0.1) is 5.25 Å². The molecule has 0 bridgehead atoms. The summed E-state index contributed by atoms with van der Waals surface area (Å²) in [5.74, 6) is -0.227. The second kappa shape index (κ2) is 8.21. The minimum Gasteiger partial charge on any atom is -0.477 e. The van der Waals surface area contributed by atoms with Gasteiger partial charge in [0.15, 0.2) is 5.71 Å². The van der Waals surface area contributed by atoms with E-state index in [0.29, 0.717) is 0 Å². The standard InChI is InChI=1S/C11H19NO3S/c1-5-9(16-7-6-8(2)3)10(11(13)14)12-15-4/h6,9H,5,7H2,1-4H3,(H,13,14). The highest BCUT2D eigenvalue weighted by Gasteiger charge is 2.21. The summed E-state index contributed by atoms with van der Waals surface area (Å²) in [5.41, 5.74) is 1.31. The minimum absolute atomic E-state index is 0.0807. The predicted molar refractivity (Wildman–Crippen MR) is 68.0 cm³/mol. The third kappa shape index (κ3) is 5.80. The first-order chi connectivity index (χ1) is 7.52. The number of aliphatic carboxylic acids is 1. The number of hydrogen-bond donors (Lipinski definition) is 1. The van der Waals surface area contributed by atoms with Crippen molar-refractivity contribution >= 4 is 23.4 Å². The zero-order valence-corrected chi connectivity index (χ0v) is 11.0. The number of hydrogen-bond acceptors (Lipinski definition) is 4. The normalized spacial score (nSPS) is 13.1. The summed E-state index contributed by atoms with van der Waals surface area (Å²) in [6.07, 6.45) is 2.79. The monoisotopic (exact) mass is 245 g/mol. The third-order valence-corrected chi connectivity index (χ3v) is 3.19. The molecular weight excluding hydrogens is 226 g/mol. The van der Waals surface area contributed by atoms with Crippen molar-refractivity contribution in [2.24, 2.45) is 5.16 Å². The van der Waals surface area contributed by atoms with E-state index in [1.165, 1.54) is 12.7 Å². The van der Waals surface area contributed by atoms with Crippen molar-refractivity contribution in [3.63, 3.8) is 0 Å². The highest BCUT2D eigenvalue weighted by molar-refractivity contribution is 8.00. The quantitative estimate of drug-likeness (QED) is 0.425. The molecular formula is C11H19NO3S. The third-order valence-electron chi connectivity index (χ3n) is 1.87. The summed E-state index contributed by atoms with van der Waals surface area (Å²) in [7, 11) is 1.36. The van der Waals surface area contributed by atoms with E-state index < -0.39 is 5.97 Å². The molecule has 0 rings (SSSR count). The molecule has 0 heterocycles. The second-order valence-corrected chi connectivity index (χ2v) is 4.71. The van der Waals surface area contributed by atoms with Crippen LogP contribution in [-0.4, -0.2) is 34.9 Å². The fraction of sp³-hybridized carbons (Fsp3) is 0.636. The molecule has 0 fully saturated rings. The van der Waals surface area contributed by atoms with Crippen molar-refractivity contribution in [1.29, 1.82) is 0 Å². The molecule has 1 N–H and O–H groups in total. The molecule has 0 aromatic rings. The van der Waals surface area contributed by atoms with Gasteiger partial charge in [0.2, 0.25) is 0 Å². The fourth-order valence-corrected chi connectivity index (χ4v) is 2.25. The Kier molecular flexibility index (Phi) is 7.72. The Bertz CT molecular complexity index is 283. The molecule has 0 saturated heterocycles. The van der Waals surface area contributed by atoms with Gasteiger partial charge in [-0.05, 0) is 20.3 Å². The lowest BCUT2D eigenvalue weighted by molar-refractivity contribution is -0.129. The van der Waals surface area contributed by atoms with Gasteiger partial charge in [-0.15, -0.1) is 11.8 Å². The molecule has 1 unspecified atom stereocenters. The predicted octanol–water partition coefficient (Wildman–Crippen LogP) is 2.55. The number of thioether (sulfide) groups is 1. The van der Waals surface area contributed by atoms with E-state index in [9.17, 15) is 4.79 Å². The van der Waals surface area contributed by atoms with Crippen molar-refractivity contribution in [1.82, 2.24) is 0 Å². The van der Waals surface area contributed by atoms with Crippen LogP contribution in [-0.2, 0) is 9.63 Å². The lowest BCUT2D eigenvalue weighted by Crippen LogP contribution is -2.26. The summed E-state index contributed by atoms with van der Waals surface area (Å²) >= 11 is 1.56. The smallest absolute Gasteiger partial charge is 0.354 e. The minimum atomic E-state index is -1.02. The van der Waals surface area contributed by atoms with Gasteiger partial charge in [0.25, 0.3) is 0 Å². The summed E-state index contributed by atoms with van der Waals surface area (Å²) in [4.78, 5) is 15.5. The Morgan fingerprint density at radius 1 is 1.56 bits per heavy atom. The topological polar surface area (TPSA) is 58.9 Å². The molecule has 1 atom stereocenters. The first kappa shape index (κ1) is 15.0. The van der Waals surface area contributed by atoms with E-state index in [4.69, 9.17) is 5.11 Å².